The van der Waals surface area contributed by atoms with Crippen molar-refractivity contribution in [3.63, 3.8) is 0 Å². The molecule has 0 aliphatic heterocycles. The van der Waals surface area contributed by atoms with E-state index < -0.39 is 0 Å². The number of aromatic nitrogens is 2. The fourth-order valence-corrected chi connectivity index (χ4v) is 2.62. The Morgan fingerprint density at radius 1 is 1.24 bits per heavy atom. The highest BCUT2D eigenvalue weighted by Gasteiger charge is 2.14. The second-order valence-electron chi connectivity index (χ2n) is 4.86. The number of hydrogen-bond acceptors (Lipinski definition) is 3. The Morgan fingerprint density at radius 2 is 2.00 bits per heavy atom. The van der Waals surface area contributed by atoms with Crippen LogP contribution in [0.2, 0.25) is 0 Å². The topological polar surface area (TPSA) is 37.8 Å². The Balaban J connectivity index is 2.54. The van der Waals surface area contributed by atoms with Gasteiger partial charge in [0, 0.05) is 27.8 Å². The van der Waals surface area contributed by atoms with Crippen molar-refractivity contribution in [2.24, 2.45) is 0 Å². The fourth-order valence-electron chi connectivity index (χ4n) is 2.20. The van der Waals surface area contributed by atoms with Gasteiger partial charge in [-0.15, -0.1) is 0 Å². The van der Waals surface area contributed by atoms with Crippen molar-refractivity contribution >= 4 is 21.7 Å². The molecule has 0 fully saturated rings. The molecule has 0 unspecified atom stereocenters. The molecule has 0 amide bonds. The molecule has 0 saturated carbocycles. The highest BCUT2D eigenvalue weighted by Crippen LogP contribution is 2.29. The maximum Gasteiger partial charge on any atom is 0.163 e. The van der Waals surface area contributed by atoms with Gasteiger partial charge in [-0.2, -0.15) is 0 Å². The van der Waals surface area contributed by atoms with E-state index >= 15 is 0 Å². The van der Waals surface area contributed by atoms with Gasteiger partial charge >= 0.3 is 0 Å². The number of hydrogen-bond donors (Lipinski definition) is 1. The second kappa shape index (κ2) is 6.98. The van der Waals surface area contributed by atoms with Crippen LogP contribution in [-0.2, 0) is 6.42 Å². The Hall–Kier alpha value is -1.49. The molecular weight excluding hydrogens is 333 g/mol. The molecule has 1 aromatic carbocycles. The van der Waals surface area contributed by atoms with Crippen LogP contribution in [-0.4, -0.2) is 16.5 Å². The third-order valence-electron chi connectivity index (χ3n) is 3.28. The summed E-state index contributed by atoms with van der Waals surface area (Å²) in [6.45, 7) is 7.01. The van der Waals surface area contributed by atoms with Crippen LogP contribution in [0.5, 0.6) is 0 Å². The zero-order valence-electron chi connectivity index (χ0n) is 12.5. The number of rotatable bonds is 5. The molecule has 5 heteroatoms. The summed E-state index contributed by atoms with van der Waals surface area (Å²) >= 11 is 3.44. The molecule has 2 rings (SSSR count). The van der Waals surface area contributed by atoms with Gasteiger partial charge in [0.15, 0.2) is 5.82 Å². The molecule has 21 heavy (non-hydrogen) atoms. The van der Waals surface area contributed by atoms with Crippen LogP contribution in [0.25, 0.3) is 11.4 Å². The molecule has 0 bridgehead atoms. The number of nitrogens with zero attached hydrogens (tertiary/aromatic N) is 2. The first-order valence-electron chi connectivity index (χ1n) is 7.13. The molecule has 0 atom stereocenters. The van der Waals surface area contributed by atoms with Gasteiger partial charge in [-0.3, -0.25) is 0 Å². The van der Waals surface area contributed by atoms with E-state index in [9.17, 15) is 4.39 Å². The first kappa shape index (κ1) is 15.9. The quantitative estimate of drug-likeness (QED) is 0.845. The first-order chi connectivity index (χ1) is 10.1. The van der Waals surface area contributed by atoms with Gasteiger partial charge in [0.2, 0.25) is 0 Å². The standard InChI is InChI=1S/C16H19BrFN3/c1-4-8-19-15-12(5-2)10(3)20-16(21-15)13-9-11(18)6-7-14(13)17/h6-7,9H,4-5,8H2,1-3H3,(H,19,20,21). The summed E-state index contributed by atoms with van der Waals surface area (Å²) in [6.07, 6.45) is 1.88. The molecule has 112 valence electrons. The lowest BCUT2D eigenvalue weighted by molar-refractivity contribution is 0.628. The number of aryl methyl sites for hydroxylation is 1. The van der Waals surface area contributed by atoms with Gasteiger partial charge < -0.3 is 5.32 Å². The zero-order chi connectivity index (χ0) is 15.4. The van der Waals surface area contributed by atoms with Crippen molar-refractivity contribution in [2.45, 2.75) is 33.6 Å². The van der Waals surface area contributed by atoms with Crippen LogP contribution < -0.4 is 5.32 Å². The summed E-state index contributed by atoms with van der Waals surface area (Å²) in [4.78, 5) is 9.13. The lowest BCUT2D eigenvalue weighted by Crippen LogP contribution is -2.09. The zero-order valence-corrected chi connectivity index (χ0v) is 14.1. The third kappa shape index (κ3) is 3.59. The maximum absolute atomic E-state index is 13.5. The van der Waals surface area contributed by atoms with E-state index in [-0.39, 0.29) is 5.82 Å². The maximum atomic E-state index is 13.5. The molecule has 0 saturated heterocycles. The van der Waals surface area contributed by atoms with Crippen molar-refractivity contribution in [3.8, 4) is 11.4 Å². The predicted octanol–water partition coefficient (Wildman–Crippen LogP) is 4.74. The SMILES string of the molecule is CCCNc1nc(-c2cc(F)ccc2Br)nc(C)c1CC. The van der Waals surface area contributed by atoms with Gasteiger partial charge in [0.1, 0.15) is 11.6 Å². The highest BCUT2D eigenvalue weighted by atomic mass is 79.9. The van der Waals surface area contributed by atoms with Crippen LogP contribution in [0.1, 0.15) is 31.5 Å². The number of halogens is 2. The van der Waals surface area contributed by atoms with E-state index in [4.69, 9.17) is 0 Å². The van der Waals surface area contributed by atoms with E-state index in [1.165, 1.54) is 12.1 Å². The van der Waals surface area contributed by atoms with Crippen LogP contribution >= 0.6 is 15.9 Å². The monoisotopic (exact) mass is 351 g/mol. The summed E-state index contributed by atoms with van der Waals surface area (Å²) in [5, 5.41) is 3.34. The van der Waals surface area contributed by atoms with Crippen LogP contribution in [0, 0.1) is 12.7 Å². The van der Waals surface area contributed by atoms with Gasteiger partial charge in [-0.1, -0.05) is 29.8 Å². The largest absolute Gasteiger partial charge is 0.370 e. The number of benzene rings is 1. The molecule has 1 aromatic heterocycles. The van der Waals surface area contributed by atoms with Gasteiger partial charge in [-0.25, -0.2) is 14.4 Å². The Labute approximate surface area is 133 Å². The van der Waals surface area contributed by atoms with E-state index in [0.717, 1.165) is 40.9 Å². The lowest BCUT2D eigenvalue weighted by atomic mass is 10.1. The predicted molar refractivity (Wildman–Crippen MR) is 88.0 cm³/mol. The number of nitrogens with one attached hydrogen (secondary N) is 1. The van der Waals surface area contributed by atoms with Crippen molar-refractivity contribution in [1.82, 2.24) is 9.97 Å². The number of anilines is 1. The molecule has 1 N–H and O–H groups in total. The van der Waals surface area contributed by atoms with Crippen molar-refractivity contribution in [3.05, 3.63) is 39.7 Å². The molecule has 3 nitrogen and oxygen atoms in total. The van der Waals surface area contributed by atoms with E-state index in [1.807, 2.05) is 6.92 Å². The second-order valence-corrected chi connectivity index (χ2v) is 5.72. The summed E-state index contributed by atoms with van der Waals surface area (Å²) in [5.41, 5.74) is 2.71. The summed E-state index contributed by atoms with van der Waals surface area (Å²) in [7, 11) is 0. The summed E-state index contributed by atoms with van der Waals surface area (Å²) < 4.78 is 14.3. The molecule has 0 aliphatic rings. The first-order valence-corrected chi connectivity index (χ1v) is 7.92. The molecule has 1 heterocycles. The van der Waals surface area contributed by atoms with Crippen LogP contribution in [0.4, 0.5) is 10.2 Å². The Morgan fingerprint density at radius 3 is 2.67 bits per heavy atom. The average molecular weight is 352 g/mol. The molecule has 2 aromatic rings. The molecular formula is C16H19BrFN3. The molecule has 0 radical (unpaired) electrons. The third-order valence-corrected chi connectivity index (χ3v) is 3.97. The Kier molecular flexibility index (Phi) is 5.28. The summed E-state index contributed by atoms with van der Waals surface area (Å²) in [5.74, 6) is 1.09. The fraction of sp³-hybridized carbons (Fsp3) is 0.375. The van der Waals surface area contributed by atoms with E-state index in [1.54, 1.807) is 6.07 Å². The van der Waals surface area contributed by atoms with Crippen molar-refractivity contribution in [1.29, 1.82) is 0 Å². The molecule has 0 spiro atoms. The average Bonchev–Trinajstić information content (AvgIpc) is 2.47. The van der Waals surface area contributed by atoms with Crippen molar-refractivity contribution in [2.75, 3.05) is 11.9 Å². The van der Waals surface area contributed by atoms with Gasteiger partial charge in [0.25, 0.3) is 0 Å². The minimum atomic E-state index is -0.294. The normalized spacial score (nSPS) is 10.7. The van der Waals surface area contributed by atoms with Crippen molar-refractivity contribution < 1.29 is 4.39 Å². The Bertz CT molecular complexity index is 644. The van der Waals surface area contributed by atoms with E-state index in [0.29, 0.717) is 11.4 Å². The smallest absolute Gasteiger partial charge is 0.163 e. The van der Waals surface area contributed by atoms with Gasteiger partial charge in [0.05, 0.1) is 0 Å². The lowest BCUT2D eigenvalue weighted by Gasteiger charge is -2.14. The van der Waals surface area contributed by atoms with Crippen LogP contribution in [0.15, 0.2) is 22.7 Å². The minimum absolute atomic E-state index is 0.294. The summed E-state index contributed by atoms with van der Waals surface area (Å²) in [6, 6.07) is 4.54. The van der Waals surface area contributed by atoms with Crippen LogP contribution in [0.3, 0.4) is 0 Å². The molecule has 0 aliphatic carbocycles. The van der Waals surface area contributed by atoms with E-state index in [2.05, 4.69) is 45.1 Å². The minimum Gasteiger partial charge on any atom is -0.370 e. The van der Waals surface area contributed by atoms with Gasteiger partial charge in [-0.05, 0) is 38.0 Å². The highest BCUT2D eigenvalue weighted by molar-refractivity contribution is 9.10.